The standard InChI is InChI=1S/C21H16BrN3O4/c1-9-18(26)17-14(25-9)5-4-11-16(12(8-23)21(24)29-19(11)17)10-6-13(22)20(28-3)15(7-10)27-2/h4-7,12,16,24H,1-3H3. The number of aliphatic imine (C=N–C) groups is 1. The van der Waals surface area contributed by atoms with Crippen molar-refractivity contribution in [3.63, 3.8) is 0 Å². The molecule has 8 heteroatoms. The zero-order valence-corrected chi connectivity index (χ0v) is 17.5. The number of benzene rings is 2. The molecule has 0 saturated heterocycles. The Kier molecular flexibility index (Phi) is 4.63. The van der Waals surface area contributed by atoms with Gasteiger partial charge in [-0.05, 0) is 46.6 Å². The molecule has 2 aromatic rings. The van der Waals surface area contributed by atoms with E-state index in [1.807, 2.05) is 6.07 Å². The predicted molar refractivity (Wildman–Crippen MR) is 110 cm³/mol. The zero-order chi connectivity index (χ0) is 20.9. The number of hydrogen-bond acceptors (Lipinski definition) is 7. The molecule has 4 rings (SSSR count). The molecule has 0 radical (unpaired) electrons. The monoisotopic (exact) mass is 453 g/mol. The molecule has 2 unspecified atom stereocenters. The fraction of sp³-hybridized carbons (Fsp3) is 0.238. The molecule has 2 aliphatic heterocycles. The van der Waals surface area contributed by atoms with E-state index >= 15 is 0 Å². The summed E-state index contributed by atoms with van der Waals surface area (Å²) in [6.45, 7) is 1.64. The number of ether oxygens (including phenoxy) is 3. The molecule has 29 heavy (non-hydrogen) atoms. The lowest BCUT2D eigenvalue weighted by molar-refractivity contribution is 0.106. The molecule has 0 saturated carbocycles. The van der Waals surface area contributed by atoms with Crippen molar-refractivity contribution in [3.05, 3.63) is 45.4 Å². The Morgan fingerprint density at radius 1 is 1.28 bits per heavy atom. The van der Waals surface area contributed by atoms with Crippen molar-refractivity contribution in [1.29, 1.82) is 10.7 Å². The van der Waals surface area contributed by atoms with Crippen molar-refractivity contribution in [1.82, 2.24) is 0 Å². The van der Waals surface area contributed by atoms with Gasteiger partial charge < -0.3 is 14.2 Å². The molecule has 0 spiro atoms. The highest BCUT2D eigenvalue weighted by Gasteiger charge is 2.41. The van der Waals surface area contributed by atoms with Gasteiger partial charge in [-0.3, -0.25) is 10.2 Å². The summed E-state index contributed by atoms with van der Waals surface area (Å²) in [6, 6.07) is 9.32. The maximum Gasteiger partial charge on any atom is 0.212 e. The number of carbonyl (C=O) groups excluding carboxylic acids is 1. The summed E-state index contributed by atoms with van der Waals surface area (Å²) < 4.78 is 17.2. The first-order valence-corrected chi connectivity index (χ1v) is 9.54. The molecule has 0 amide bonds. The van der Waals surface area contributed by atoms with Gasteiger partial charge in [-0.2, -0.15) is 5.26 Å². The van der Waals surface area contributed by atoms with Crippen LogP contribution in [0.3, 0.4) is 0 Å². The Hall–Kier alpha value is -3.18. The largest absolute Gasteiger partial charge is 0.493 e. The maximum atomic E-state index is 12.6. The van der Waals surface area contributed by atoms with E-state index in [1.54, 1.807) is 25.1 Å². The lowest BCUT2D eigenvalue weighted by atomic mass is 9.78. The highest BCUT2D eigenvalue weighted by Crippen LogP contribution is 2.49. The molecule has 0 fully saturated rings. The van der Waals surface area contributed by atoms with Crippen LogP contribution in [0.15, 0.2) is 33.7 Å². The summed E-state index contributed by atoms with van der Waals surface area (Å²) in [4.78, 5) is 16.9. The van der Waals surface area contributed by atoms with Gasteiger partial charge in [0.15, 0.2) is 11.5 Å². The van der Waals surface area contributed by atoms with Crippen LogP contribution in [0.5, 0.6) is 17.2 Å². The molecule has 146 valence electrons. The van der Waals surface area contributed by atoms with Crippen LogP contribution in [0.25, 0.3) is 0 Å². The minimum Gasteiger partial charge on any atom is -0.493 e. The Balaban J connectivity index is 1.96. The average Bonchev–Trinajstić information content (AvgIpc) is 3.00. The van der Waals surface area contributed by atoms with Gasteiger partial charge in [0.05, 0.1) is 41.7 Å². The average molecular weight is 454 g/mol. The van der Waals surface area contributed by atoms with Crippen LogP contribution in [0, 0.1) is 22.7 Å². The van der Waals surface area contributed by atoms with Crippen LogP contribution in [-0.4, -0.2) is 31.6 Å². The third kappa shape index (κ3) is 2.81. The summed E-state index contributed by atoms with van der Waals surface area (Å²) in [5, 5.41) is 18.1. The van der Waals surface area contributed by atoms with Crippen LogP contribution in [-0.2, 0) is 0 Å². The first-order chi connectivity index (χ1) is 13.9. The number of ketones is 1. The molecule has 0 aliphatic carbocycles. The second-order valence-corrected chi connectivity index (χ2v) is 7.55. The normalized spacial score (nSPS) is 19.6. The Labute approximate surface area is 175 Å². The lowest BCUT2D eigenvalue weighted by Gasteiger charge is -2.31. The molecule has 0 aromatic heterocycles. The van der Waals surface area contributed by atoms with E-state index in [9.17, 15) is 10.1 Å². The third-order valence-electron chi connectivity index (χ3n) is 5.13. The third-order valence-corrected chi connectivity index (χ3v) is 5.72. The van der Waals surface area contributed by atoms with E-state index in [2.05, 4.69) is 27.0 Å². The molecule has 2 aromatic carbocycles. The van der Waals surface area contributed by atoms with Crippen molar-refractivity contribution in [2.75, 3.05) is 14.2 Å². The summed E-state index contributed by atoms with van der Waals surface area (Å²) >= 11 is 3.48. The number of nitriles is 1. The summed E-state index contributed by atoms with van der Waals surface area (Å²) in [5.74, 6) is -0.505. The number of hydrogen-bond donors (Lipinski definition) is 1. The quantitative estimate of drug-likeness (QED) is 0.741. The number of rotatable bonds is 3. The van der Waals surface area contributed by atoms with Crippen molar-refractivity contribution in [2.45, 2.75) is 12.8 Å². The molecule has 2 atom stereocenters. The van der Waals surface area contributed by atoms with E-state index in [-0.39, 0.29) is 11.7 Å². The van der Waals surface area contributed by atoms with Gasteiger partial charge in [0.1, 0.15) is 11.7 Å². The van der Waals surface area contributed by atoms with Crippen molar-refractivity contribution >= 4 is 39.0 Å². The van der Waals surface area contributed by atoms with E-state index < -0.39 is 11.8 Å². The molecule has 2 aliphatic rings. The molecular weight excluding hydrogens is 438 g/mol. The highest BCUT2D eigenvalue weighted by molar-refractivity contribution is 9.10. The van der Waals surface area contributed by atoms with Crippen LogP contribution < -0.4 is 14.2 Å². The molecule has 1 N–H and O–H groups in total. The van der Waals surface area contributed by atoms with Crippen LogP contribution in [0.4, 0.5) is 5.69 Å². The van der Waals surface area contributed by atoms with Gasteiger partial charge in [0, 0.05) is 11.5 Å². The number of carbonyl (C=O) groups is 1. The SMILES string of the molecule is COc1cc(C2c3ccc4c(c3OC(=N)C2C#N)C(=O)C(C)=N4)cc(Br)c1OC. The Morgan fingerprint density at radius 3 is 2.69 bits per heavy atom. The number of halogens is 1. The maximum absolute atomic E-state index is 12.6. The fourth-order valence-corrected chi connectivity index (χ4v) is 4.42. The summed E-state index contributed by atoms with van der Waals surface area (Å²) in [7, 11) is 3.07. The minimum absolute atomic E-state index is 0.207. The van der Waals surface area contributed by atoms with Gasteiger partial charge in [-0.15, -0.1) is 0 Å². The number of methoxy groups -OCH3 is 2. The van der Waals surface area contributed by atoms with Gasteiger partial charge in [0.2, 0.25) is 11.7 Å². The zero-order valence-electron chi connectivity index (χ0n) is 15.9. The first-order valence-electron chi connectivity index (χ1n) is 8.75. The van der Waals surface area contributed by atoms with E-state index in [0.29, 0.717) is 44.2 Å². The molecule has 7 nitrogen and oxygen atoms in total. The number of Topliss-reactive ketones (excluding diaryl/α,β-unsaturated/α-hetero) is 1. The second-order valence-electron chi connectivity index (χ2n) is 6.69. The predicted octanol–water partition coefficient (Wildman–Crippen LogP) is 4.40. The lowest BCUT2D eigenvalue weighted by Crippen LogP contribution is -2.32. The van der Waals surface area contributed by atoms with Gasteiger partial charge in [0.25, 0.3) is 0 Å². The Bertz CT molecular complexity index is 1150. The van der Waals surface area contributed by atoms with Gasteiger partial charge in [-0.25, -0.2) is 4.99 Å². The second kappa shape index (κ2) is 7.01. The minimum atomic E-state index is -0.857. The van der Waals surface area contributed by atoms with E-state index in [4.69, 9.17) is 19.6 Å². The van der Waals surface area contributed by atoms with Crippen molar-refractivity contribution in [2.24, 2.45) is 10.9 Å². The van der Waals surface area contributed by atoms with Crippen LogP contribution in [0.1, 0.15) is 34.3 Å². The smallest absolute Gasteiger partial charge is 0.212 e. The number of nitrogens with one attached hydrogen (secondary N) is 1. The van der Waals surface area contributed by atoms with Crippen molar-refractivity contribution in [3.8, 4) is 23.3 Å². The van der Waals surface area contributed by atoms with Crippen LogP contribution >= 0.6 is 15.9 Å². The highest BCUT2D eigenvalue weighted by atomic mass is 79.9. The van der Waals surface area contributed by atoms with Gasteiger partial charge >= 0.3 is 0 Å². The van der Waals surface area contributed by atoms with E-state index in [1.165, 1.54) is 14.2 Å². The summed E-state index contributed by atoms with van der Waals surface area (Å²) in [5.41, 5.74) is 2.62. The number of fused-ring (bicyclic) bond motifs is 3. The molecule has 2 heterocycles. The first kappa shape index (κ1) is 19.2. The van der Waals surface area contributed by atoms with Crippen molar-refractivity contribution < 1.29 is 19.0 Å². The molecular formula is C21H16BrN3O4. The molecule has 0 bridgehead atoms. The number of nitrogens with zero attached hydrogens (tertiary/aromatic N) is 2. The topological polar surface area (TPSA) is 105 Å². The van der Waals surface area contributed by atoms with Crippen LogP contribution in [0.2, 0.25) is 0 Å². The fourth-order valence-electron chi connectivity index (χ4n) is 3.80. The van der Waals surface area contributed by atoms with Gasteiger partial charge in [-0.1, -0.05) is 6.07 Å². The Morgan fingerprint density at radius 2 is 2.03 bits per heavy atom. The van der Waals surface area contributed by atoms with E-state index in [0.717, 1.165) is 5.56 Å². The summed E-state index contributed by atoms with van der Waals surface area (Å²) in [6.07, 6.45) is 0.